The van der Waals surface area contributed by atoms with Crippen molar-refractivity contribution in [1.29, 1.82) is 5.53 Å². The van der Waals surface area contributed by atoms with Crippen molar-refractivity contribution in [3.63, 3.8) is 0 Å². The summed E-state index contributed by atoms with van der Waals surface area (Å²) in [6.45, 7) is 3.51. The molecule has 0 aromatic carbocycles. The molecule has 0 atom stereocenters. The molecule has 0 amide bonds. The Morgan fingerprint density at radius 1 is 1.70 bits per heavy atom. The van der Waals surface area contributed by atoms with E-state index in [1.165, 1.54) is 18.6 Å². The summed E-state index contributed by atoms with van der Waals surface area (Å²) in [5.74, 6) is 0. The van der Waals surface area contributed by atoms with Crippen LogP contribution in [0.15, 0.2) is 24.2 Å². The number of hydrogen-bond acceptors (Lipinski definition) is 4. The molecule has 0 aliphatic rings. The fourth-order valence-corrected chi connectivity index (χ4v) is 0.575. The van der Waals surface area contributed by atoms with Gasteiger partial charge in [-0.3, -0.25) is 0 Å². The zero-order chi connectivity index (χ0) is 7.40. The predicted octanol–water partition coefficient (Wildman–Crippen LogP) is 1.78. The molecule has 1 heterocycles. The lowest BCUT2D eigenvalue weighted by Crippen LogP contribution is -1.81. The fraction of sp³-hybridized carbons (Fsp3) is 0. The van der Waals surface area contributed by atoms with E-state index in [-0.39, 0.29) is 0 Å². The molecule has 4 heteroatoms. The molecule has 4 nitrogen and oxygen atoms in total. The van der Waals surface area contributed by atoms with Crippen molar-refractivity contribution >= 4 is 11.8 Å². The molecule has 0 aliphatic heterocycles. The minimum absolute atomic E-state index is 0.442. The predicted molar refractivity (Wildman–Crippen MR) is 36.9 cm³/mol. The fourth-order valence-electron chi connectivity index (χ4n) is 0.575. The summed E-state index contributed by atoms with van der Waals surface area (Å²) >= 11 is 0. The molecule has 0 radical (unpaired) electrons. The second-order valence-electron chi connectivity index (χ2n) is 1.61. The lowest BCUT2D eigenvalue weighted by Gasteiger charge is -1.92. The van der Waals surface area contributed by atoms with Gasteiger partial charge in [0.25, 0.3) is 0 Å². The standard InChI is InChI=1S/C6H6N4/c1-2-5-6(10-7)3-8-4-9-5/h2-4,7H,1H2. The van der Waals surface area contributed by atoms with Gasteiger partial charge in [-0.15, -0.1) is 0 Å². The van der Waals surface area contributed by atoms with Gasteiger partial charge in [0.1, 0.15) is 12.0 Å². The zero-order valence-corrected chi connectivity index (χ0v) is 5.28. The molecule has 0 unspecified atom stereocenters. The summed E-state index contributed by atoms with van der Waals surface area (Å²) in [6.07, 6.45) is 4.40. The minimum Gasteiger partial charge on any atom is -0.242 e. The Morgan fingerprint density at radius 2 is 2.50 bits per heavy atom. The highest BCUT2D eigenvalue weighted by atomic mass is 15.0. The Bertz CT molecular complexity index is 229. The third-order valence-electron chi connectivity index (χ3n) is 1.04. The van der Waals surface area contributed by atoms with Gasteiger partial charge in [-0.2, -0.15) is 5.11 Å². The molecule has 0 aliphatic carbocycles. The van der Waals surface area contributed by atoms with Crippen LogP contribution in [0.2, 0.25) is 0 Å². The molecule has 0 saturated heterocycles. The molecular weight excluding hydrogens is 128 g/mol. The Kier molecular flexibility index (Phi) is 1.84. The van der Waals surface area contributed by atoms with E-state index in [0.717, 1.165) is 0 Å². The third kappa shape index (κ3) is 1.05. The van der Waals surface area contributed by atoms with Gasteiger partial charge >= 0.3 is 0 Å². The zero-order valence-electron chi connectivity index (χ0n) is 5.28. The number of nitrogens with one attached hydrogen (secondary N) is 1. The molecule has 0 saturated carbocycles. The Morgan fingerprint density at radius 3 is 3.00 bits per heavy atom. The quantitative estimate of drug-likeness (QED) is 0.626. The molecule has 1 aromatic rings. The van der Waals surface area contributed by atoms with Crippen LogP contribution in [0.4, 0.5) is 5.69 Å². The van der Waals surface area contributed by atoms with Gasteiger partial charge < -0.3 is 0 Å². The van der Waals surface area contributed by atoms with Crippen LogP contribution in [0.25, 0.3) is 6.08 Å². The first-order valence-corrected chi connectivity index (χ1v) is 2.68. The lowest BCUT2D eigenvalue weighted by atomic mass is 10.3. The molecule has 10 heavy (non-hydrogen) atoms. The summed E-state index contributed by atoms with van der Waals surface area (Å²) < 4.78 is 0. The first kappa shape index (κ1) is 6.54. The third-order valence-corrected chi connectivity index (χ3v) is 1.04. The van der Waals surface area contributed by atoms with Crippen LogP contribution in [0, 0.1) is 5.53 Å². The maximum Gasteiger partial charge on any atom is 0.129 e. The van der Waals surface area contributed by atoms with Crippen molar-refractivity contribution in [1.82, 2.24) is 9.97 Å². The summed E-state index contributed by atoms with van der Waals surface area (Å²) in [7, 11) is 0. The Balaban J connectivity index is 3.20. The Hall–Kier alpha value is -1.58. The van der Waals surface area contributed by atoms with Gasteiger partial charge in [-0.25, -0.2) is 15.5 Å². The summed E-state index contributed by atoms with van der Waals surface area (Å²) in [4.78, 5) is 7.52. The van der Waals surface area contributed by atoms with Crippen molar-refractivity contribution in [2.24, 2.45) is 5.11 Å². The first-order valence-electron chi connectivity index (χ1n) is 2.68. The maximum atomic E-state index is 6.69. The number of aromatic nitrogens is 2. The molecule has 0 spiro atoms. The average Bonchev–Trinajstić information content (AvgIpc) is 2.04. The molecular formula is C6H6N4. The second-order valence-corrected chi connectivity index (χ2v) is 1.61. The van der Waals surface area contributed by atoms with Crippen molar-refractivity contribution in [2.45, 2.75) is 0 Å². The van der Waals surface area contributed by atoms with E-state index in [4.69, 9.17) is 5.53 Å². The molecule has 0 bridgehead atoms. The van der Waals surface area contributed by atoms with Gasteiger partial charge in [0.15, 0.2) is 0 Å². The van der Waals surface area contributed by atoms with E-state index < -0.39 is 0 Å². The van der Waals surface area contributed by atoms with Crippen LogP contribution >= 0.6 is 0 Å². The SMILES string of the molecule is C=Cc1ncncc1N=N. The lowest BCUT2D eigenvalue weighted by molar-refractivity contribution is 1.07. The van der Waals surface area contributed by atoms with Crippen molar-refractivity contribution < 1.29 is 0 Å². The Labute approximate surface area is 58.1 Å². The second kappa shape index (κ2) is 2.82. The van der Waals surface area contributed by atoms with E-state index in [1.54, 1.807) is 0 Å². The van der Waals surface area contributed by atoms with Crippen LogP contribution in [0.5, 0.6) is 0 Å². The number of hydrogen-bond donors (Lipinski definition) is 1. The van der Waals surface area contributed by atoms with E-state index in [2.05, 4.69) is 21.7 Å². The number of nitrogens with zero attached hydrogens (tertiary/aromatic N) is 3. The molecule has 50 valence electrons. The van der Waals surface area contributed by atoms with E-state index in [9.17, 15) is 0 Å². The highest BCUT2D eigenvalue weighted by Crippen LogP contribution is 2.13. The van der Waals surface area contributed by atoms with Gasteiger partial charge in [0.05, 0.1) is 11.9 Å². The smallest absolute Gasteiger partial charge is 0.129 e. The van der Waals surface area contributed by atoms with E-state index in [1.807, 2.05) is 0 Å². The average molecular weight is 134 g/mol. The van der Waals surface area contributed by atoms with Crippen LogP contribution in [-0.4, -0.2) is 9.97 Å². The molecule has 1 N–H and O–H groups in total. The van der Waals surface area contributed by atoms with Crippen LogP contribution in [0.1, 0.15) is 5.69 Å². The monoisotopic (exact) mass is 134 g/mol. The first-order chi connectivity index (χ1) is 4.88. The van der Waals surface area contributed by atoms with Crippen molar-refractivity contribution in [3.8, 4) is 0 Å². The van der Waals surface area contributed by atoms with E-state index >= 15 is 0 Å². The maximum absolute atomic E-state index is 6.69. The van der Waals surface area contributed by atoms with Gasteiger partial charge in [0.2, 0.25) is 0 Å². The molecule has 1 aromatic heterocycles. The molecule has 1 rings (SSSR count). The summed E-state index contributed by atoms with van der Waals surface area (Å²) in [5.41, 5.74) is 7.72. The van der Waals surface area contributed by atoms with Crippen LogP contribution in [0.3, 0.4) is 0 Å². The largest absolute Gasteiger partial charge is 0.242 e. The highest BCUT2D eigenvalue weighted by molar-refractivity contribution is 5.56. The van der Waals surface area contributed by atoms with Gasteiger partial charge in [0, 0.05) is 0 Å². The van der Waals surface area contributed by atoms with E-state index in [0.29, 0.717) is 11.4 Å². The number of rotatable bonds is 2. The van der Waals surface area contributed by atoms with Crippen LogP contribution in [-0.2, 0) is 0 Å². The van der Waals surface area contributed by atoms with Crippen molar-refractivity contribution in [3.05, 3.63) is 24.8 Å². The van der Waals surface area contributed by atoms with Crippen LogP contribution < -0.4 is 0 Å². The highest BCUT2D eigenvalue weighted by Gasteiger charge is 1.95. The summed E-state index contributed by atoms with van der Waals surface area (Å²) in [6, 6.07) is 0. The minimum atomic E-state index is 0.442. The normalized spacial score (nSPS) is 8.80. The molecule has 0 fully saturated rings. The summed E-state index contributed by atoms with van der Waals surface area (Å²) in [5, 5.41) is 3.20. The topological polar surface area (TPSA) is 62.0 Å². The van der Waals surface area contributed by atoms with Gasteiger partial charge in [-0.1, -0.05) is 6.58 Å². The van der Waals surface area contributed by atoms with Crippen molar-refractivity contribution in [2.75, 3.05) is 0 Å². The van der Waals surface area contributed by atoms with Gasteiger partial charge in [-0.05, 0) is 6.08 Å².